The molecule has 0 spiro atoms. The summed E-state index contributed by atoms with van der Waals surface area (Å²) in [4.78, 5) is 18.5. The predicted molar refractivity (Wildman–Crippen MR) is 95.3 cm³/mol. The van der Waals surface area contributed by atoms with Crippen molar-refractivity contribution in [2.24, 2.45) is 0 Å². The number of halogens is 1. The molecule has 1 N–H and O–H groups in total. The van der Waals surface area contributed by atoms with Crippen molar-refractivity contribution >= 4 is 34.5 Å². The molecule has 124 valence electrons. The molecule has 0 bridgehead atoms. The smallest absolute Gasteiger partial charge is 0.217 e. The Morgan fingerprint density at radius 1 is 1.54 bits per heavy atom. The van der Waals surface area contributed by atoms with E-state index in [1.807, 2.05) is 12.3 Å². The Morgan fingerprint density at radius 2 is 2.33 bits per heavy atom. The van der Waals surface area contributed by atoms with Gasteiger partial charge in [0.05, 0.1) is 11.3 Å². The molecule has 2 heterocycles. The van der Waals surface area contributed by atoms with Crippen LogP contribution in [-0.2, 0) is 10.3 Å². The van der Waals surface area contributed by atoms with Crippen LogP contribution in [0.25, 0.3) is 0 Å². The second-order valence-electron chi connectivity index (χ2n) is 6.00. The van der Waals surface area contributed by atoms with E-state index < -0.39 is 5.54 Å². The van der Waals surface area contributed by atoms with Crippen LogP contribution in [-0.4, -0.2) is 24.0 Å². The molecule has 1 atom stereocenters. The van der Waals surface area contributed by atoms with Crippen LogP contribution in [0.2, 0.25) is 5.02 Å². The van der Waals surface area contributed by atoms with Crippen LogP contribution in [0.3, 0.4) is 0 Å². The molecule has 1 aliphatic rings. The average Bonchev–Trinajstić information content (AvgIpc) is 3.14. The van der Waals surface area contributed by atoms with Crippen molar-refractivity contribution < 1.29 is 4.79 Å². The summed E-state index contributed by atoms with van der Waals surface area (Å²) in [5, 5.41) is 15.9. The number of hydrogen-bond donors (Lipinski definition) is 1. The number of anilines is 1. The number of benzene rings is 1. The fourth-order valence-corrected chi connectivity index (χ4v) is 4.26. The second-order valence-corrected chi connectivity index (χ2v) is 7.30. The summed E-state index contributed by atoms with van der Waals surface area (Å²) in [5.74, 6) is -0.0868. The third kappa shape index (κ3) is 3.10. The van der Waals surface area contributed by atoms with E-state index in [-0.39, 0.29) is 5.91 Å². The molecule has 1 aromatic carbocycles. The van der Waals surface area contributed by atoms with Gasteiger partial charge in [-0.3, -0.25) is 4.79 Å². The van der Waals surface area contributed by atoms with Crippen molar-refractivity contribution in [3.8, 4) is 6.07 Å². The quantitative estimate of drug-likeness (QED) is 0.912. The van der Waals surface area contributed by atoms with E-state index in [0.29, 0.717) is 23.7 Å². The topological polar surface area (TPSA) is 69.0 Å². The van der Waals surface area contributed by atoms with Crippen LogP contribution in [0.5, 0.6) is 0 Å². The molecule has 1 aromatic heterocycles. The van der Waals surface area contributed by atoms with E-state index in [4.69, 9.17) is 11.6 Å². The van der Waals surface area contributed by atoms with E-state index >= 15 is 0 Å². The molecule has 5 nitrogen and oxygen atoms in total. The highest BCUT2D eigenvalue weighted by atomic mass is 35.5. The van der Waals surface area contributed by atoms with E-state index in [1.54, 1.807) is 29.5 Å². The summed E-state index contributed by atoms with van der Waals surface area (Å²) in [7, 11) is 0. The highest BCUT2D eigenvalue weighted by Crippen LogP contribution is 2.38. The summed E-state index contributed by atoms with van der Waals surface area (Å²) in [5.41, 5.74) is 1.79. The largest absolute Gasteiger partial charge is 0.368 e. The number of nitrogens with zero attached hydrogens (tertiary/aromatic N) is 3. The Morgan fingerprint density at radius 3 is 2.96 bits per heavy atom. The fraction of sp³-hybridized carbons (Fsp3) is 0.353. The molecule has 2 aromatic rings. The molecule has 1 unspecified atom stereocenters. The van der Waals surface area contributed by atoms with Gasteiger partial charge in [0.2, 0.25) is 5.91 Å². The first-order chi connectivity index (χ1) is 11.4. The molecule has 24 heavy (non-hydrogen) atoms. The van der Waals surface area contributed by atoms with Crippen molar-refractivity contribution in [1.29, 1.82) is 5.26 Å². The Balaban J connectivity index is 1.98. The Labute approximate surface area is 149 Å². The number of aromatic nitrogens is 1. The molecule has 0 aliphatic carbocycles. The lowest BCUT2D eigenvalue weighted by Crippen LogP contribution is -2.47. The maximum absolute atomic E-state index is 11.8. The maximum Gasteiger partial charge on any atom is 0.217 e. The first-order valence-electron chi connectivity index (χ1n) is 7.59. The molecule has 1 fully saturated rings. The standard InChI is InChI=1S/C17H17ClN4OS/c1-11-9-24-16(20-11)17(21-12(2)23)5-6-22(10-17)15-7-14(18)4-3-13(15)8-19/h3-4,7,9H,5-6,10H2,1-2H3,(H,21,23). The summed E-state index contributed by atoms with van der Waals surface area (Å²) in [6.45, 7) is 4.74. The summed E-state index contributed by atoms with van der Waals surface area (Å²) >= 11 is 7.67. The van der Waals surface area contributed by atoms with Crippen LogP contribution in [0.15, 0.2) is 23.6 Å². The average molecular weight is 361 g/mol. The first kappa shape index (κ1) is 16.7. The van der Waals surface area contributed by atoms with Crippen molar-refractivity contribution in [3.63, 3.8) is 0 Å². The number of rotatable bonds is 3. The predicted octanol–water partition coefficient (Wildman–Crippen LogP) is 3.22. The number of amides is 1. The number of carbonyl (C=O) groups is 1. The number of nitriles is 1. The minimum Gasteiger partial charge on any atom is -0.368 e. The third-order valence-electron chi connectivity index (χ3n) is 4.13. The van der Waals surface area contributed by atoms with Gasteiger partial charge in [0, 0.05) is 36.1 Å². The van der Waals surface area contributed by atoms with Gasteiger partial charge in [0.25, 0.3) is 0 Å². The highest BCUT2D eigenvalue weighted by Gasteiger charge is 2.43. The Kier molecular flexibility index (Phi) is 4.48. The van der Waals surface area contributed by atoms with Gasteiger partial charge in [0.15, 0.2) is 0 Å². The monoisotopic (exact) mass is 360 g/mol. The van der Waals surface area contributed by atoms with Gasteiger partial charge >= 0.3 is 0 Å². The molecular formula is C17H17ClN4OS. The van der Waals surface area contributed by atoms with Crippen molar-refractivity contribution in [3.05, 3.63) is 44.9 Å². The van der Waals surface area contributed by atoms with Gasteiger partial charge in [-0.2, -0.15) is 5.26 Å². The summed E-state index contributed by atoms with van der Waals surface area (Å²) in [6, 6.07) is 7.45. The molecular weight excluding hydrogens is 344 g/mol. The minimum absolute atomic E-state index is 0.0868. The van der Waals surface area contributed by atoms with E-state index in [1.165, 1.54) is 6.92 Å². The zero-order valence-electron chi connectivity index (χ0n) is 13.5. The third-order valence-corrected chi connectivity index (χ3v) is 5.53. The molecule has 7 heteroatoms. The molecule has 1 aliphatic heterocycles. The van der Waals surface area contributed by atoms with Gasteiger partial charge in [-0.1, -0.05) is 11.6 Å². The Bertz CT molecular complexity index is 828. The number of carbonyl (C=O) groups excluding carboxylic acids is 1. The molecule has 0 saturated carbocycles. The van der Waals surface area contributed by atoms with Crippen LogP contribution in [0, 0.1) is 18.3 Å². The number of aryl methyl sites for hydroxylation is 1. The zero-order valence-corrected chi connectivity index (χ0v) is 15.0. The molecule has 0 radical (unpaired) electrons. The number of hydrogen-bond acceptors (Lipinski definition) is 5. The lowest BCUT2D eigenvalue weighted by atomic mass is 9.99. The van der Waals surface area contributed by atoms with Gasteiger partial charge in [-0.15, -0.1) is 11.3 Å². The first-order valence-corrected chi connectivity index (χ1v) is 8.85. The van der Waals surface area contributed by atoms with E-state index in [9.17, 15) is 10.1 Å². The van der Waals surface area contributed by atoms with Crippen LogP contribution >= 0.6 is 22.9 Å². The number of nitrogens with one attached hydrogen (secondary N) is 1. The van der Waals surface area contributed by atoms with Crippen molar-refractivity contribution in [2.75, 3.05) is 18.0 Å². The van der Waals surface area contributed by atoms with Gasteiger partial charge in [-0.25, -0.2) is 4.98 Å². The maximum atomic E-state index is 11.8. The normalized spacial score (nSPS) is 20.0. The second kappa shape index (κ2) is 6.42. The summed E-state index contributed by atoms with van der Waals surface area (Å²) in [6.07, 6.45) is 0.733. The molecule has 3 rings (SSSR count). The van der Waals surface area contributed by atoms with Gasteiger partial charge < -0.3 is 10.2 Å². The van der Waals surface area contributed by atoms with Crippen LogP contribution in [0.4, 0.5) is 5.69 Å². The van der Waals surface area contributed by atoms with Crippen molar-refractivity contribution in [2.45, 2.75) is 25.8 Å². The zero-order chi connectivity index (χ0) is 17.3. The fourth-order valence-electron chi connectivity index (χ4n) is 3.12. The van der Waals surface area contributed by atoms with Gasteiger partial charge in [-0.05, 0) is 31.5 Å². The van der Waals surface area contributed by atoms with E-state index in [0.717, 1.165) is 22.8 Å². The highest BCUT2D eigenvalue weighted by molar-refractivity contribution is 7.09. The lowest BCUT2D eigenvalue weighted by molar-refractivity contribution is -0.120. The minimum atomic E-state index is -0.528. The van der Waals surface area contributed by atoms with Crippen LogP contribution < -0.4 is 10.2 Å². The van der Waals surface area contributed by atoms with Crippen LogP contribution in [0.1, 0.15) is 29.6 Å². The van der Waals surface area contributed by atoms with Crippen molar-refractivity contribution in [1.82, 2.24) is 10.3 Å². The number of thiazole rings is 1. The molecule has 1 amide bonds. The lowest BCUT2D eigenvalue weighted by Gasteiger charge is -2.29. The Hall–Kier alpha value is -2.10. The SMILES string of the molecule is CC(=O)NC1(c2nc(C)cs2)CCN(c2cc(Cl)ccc2C#N)C1. The van der Waals surface area contributed by atoms with E-state index in [2.05, 4.69) is 21.3 Å². The molecule has 1 saturated heterocycles. The summed E-state index contributed by atoms with van der Waals surface area (Å²) < 4.78 is 0. The van der Waals surface area contributed by atoms with Gasteiger partial charge in [0.1, 0.15) is 16.6 Å².